The number of pyridine rings is 1. The standard InChI is InChI=1S/C8H3F5INO/c9-7(10)5-1-4(14)3(2-16)6(15-5)8(11,12)13/h1-2,7H. The number of carbonyl (C=O) groups excluding carboxylic acids is 1. The van der Waals surface area contributed by atoms with E-state index in [2.05, 4.69) is 4.98 Å². The second kappa shape index (κ2) is 4.60. The van der Waals surface area contributed by atoms with Gasteiger partial charge in [0.25, 0.3) is 6.43 Å². The summed E-state index contributed by atoms with van der Waals surface area (Å²) >= 11 is 1.38. The number of nitrogens with zero attached hydrogens (tertiary/aromatic N) is 1. The molecule has 1 aromatic heterocycles. The van der Waals surface area contributed by atoms with E-state index in [1.807, 2.05) is 0 Å². The second-order valence-electron chi connectivity index (χ2n) is 2.71. The number of halogens is 6. The molecule has 1 heterocycles. The zero-order valence-electron chi connectivity index (χ0n) is 7.36. The molecule has 0 bridgehead atoms. The largest absolute Gasteiger partial charge is 0.434 e. The molecule has 16 heavy (non-hydrogen) atoms. The molecule has 0 fully saturated rings. The smallest absolute Gasteiger partial charge is 0.298 e. The van der Waals surface area contributed by atoms with E-state index in [0.717, 1.165) is 6.07 Å². The van der Waals surface area contributed by atoms with E-state index in [0.29, 0.717) is 0 Å². The zero-order chi connectivity index (χ0) is 12.5. The SMILES string of the molecule is O=Cc1c(I)cc(C(F)F)nc1C(F)(F)F. The quantitative estimate of drug-likeness (QED) is 0.464. The molecule has 0 saturated heterocycles. The van der Waals surface area contributed by atoms with E-state index < -0.39 is 29.6 Å². The van der Waals surface area contributed by atoms with Crippen LogP contribution in [0.15, 0.2) is 6.07 Å². The minimum absolute atomic E-state index is 0.0488. The first-order valence-corrected chi connectivity index (χ1v) is 4.86. The monoisotopic (exact) mass is 351 g/mol. The molecule has 8 heteroatoms. The van der Waals surface area contributed by atoms with Crippen LogP contribution in [-0.2, 0) is 6.18 Å². The van der Waals surface area contributed by atoms with Crippen LogP contribution in [0.3, 0.4) is 0 Å². The van der Waals surface area contributed by atoms with Gasteiger partial charge in [0.1, 0.15) is 5.69 Å². The van der Waals surface area contributed by atoms with Gasteiger partial charge in [0.05, 0.1) is 5.56 Å². The van der Waals surface area contributed by atoms with Crippen LogP contribution >= 0.6 is 22.6 Å². The Hall–Kier alpha value is -0.800. The number of alkyl halides is 5. The molecule has 1 aromatic rings. The number of hydrogen-bond donors (Lipinski definition) is 0. The van der Waals surface area contributed by atoms with Gasteiger partial charge in [0, 0.05) is 3.57 Å². The Kier molecular flexibility index (Phi) is 3.81. The van der Waals surface area contributed by atoms with Crippen molar-refractivity contribution in [2.24, 2.45) is 0 Å². The third-order valence-electron chi connectivity index (χ3n) is 1.64. The molecule has 0 aliphatic heterocycles. The van der Waals surface area contributed by atoms with Gasteiger partial charge in [-0.15, -0.1) is 0 Å². The normalized spacial score (nSPS) is 11.9. The Morgan fingerprint density at radius 3 is 2.31 bits per heavy atom. The molecule has 0 aromatic carbocycles. The molecule has 88 valence electrons. The van der Waals surface area contributed by atoms with Crippen LogP contribution in [-0.4, -0.2) is 11.3 Å². The fourth-order valence-corrected chi connectivity index (χ4v) is 1.68. The van der Waals surface area contributed by atoms with Crippen LogP contribution in [0.25, 0.3) is 0 Å². The molecule has 0 aliphatic rings. The van der Waals surface area contributed by atoms with Gasteiger partial charge < -0.3 is 0 Å². The molecule has 0 saturated carbocycles. The van der Waals surface area contributed by atoms with Gasteiger partial charge in [0.15, 0.2) is 12.0 Å². The molecule has 0 spiro atoms. The molecule has 2 nitrogen and oxygen atoms in total. The van der Waals surface area contributed by atoms with E-state index in [1.54, 1.807) is 0 Å². The van der Waals surface area contributed by atoms with Gasteiger partial charge >= 0.3 is 6.18 Å². The van der Waals surface area contributed by atoms with Crippen molar-refractivity contribution in [2.75, 3.05) is 0 Å². The average molecular weight is 351 g/mol. The van der Waals surface area contributed by atoms with E-state index in [9.17, 15) is 26.7 Å². The summed E-state index contributed by atoms with van der Waals surface area (Å²) in [5, 5.41) is 0. The number of aldehydes is 1. The van der Waals surface area contributed by atoms with Gasteiger partial charge in [-0.1, -0.05) is 0 Å². The third kappa shape index (κ3) is 2.66. The van der Waals surface area contributed by atoms with Crippen molar-refractivity contribution in [2.45, 2.75) is 12.6 Å². The van der Waals surface area contributed by atoms with Gasteiger partial charge in [0.2, 0.25) is 0 Å². The van der Waals surface area contributed by atoms with Crippen LogP contribution in [0, 0.1) is 3.57 Å². The van der Waals surface area contributed by atoms with Crippen molar-refractivity contribution in [3.8, 4) is 0 Å². The topological polar surface area (TPSA) is 30.0 Å². The maximum absolute atomic E-state index is 12.4. The highest BCUT2D eigenvalue weighted by molar-refractivity contribution is 14.1. The predicted octanol–water partition coefficient (Wildman–Crippen LogP) is 3.46. The van der Waals surface area contributed by atoms with E-state index in [-0.39, 0.29) is 9.86 Å². The molecular weight excluding hydrogens is 348 g/mol. The predicted molar refractivity (Wildman–Crippen MR) is 52.3 cm³/mol. The minimum Gasteiger partial charge on any atom is -0.298 e. The van der Waals surface area contributed by atoms with Gasteiger partial charge in [-0.25, -0.2) is 13.8 Å². The van der Waals surface area contributed by atoms with Crippen LogP contribution in [0.5, 0.6) is 0 Å². The van der Waals surface area contributed by atoms with Crippen molar-refractivity contribution in [1.29, 1.82) is 0 Å². The first-order chi connectivity index (χ1) is 7.27. The summed E-state index contributed by atoms with van der Waals surface area (Å²) < 4.78 is 61.4. The molecule has 0 N–H and O–H groups in total. The Labute approximate surface area is 100.0 Å². The zero-order valence-corrected chi connectivity index (χ0v) is 9.51. The summed E-state index contributed by atoms with van der Waals surface area (Å²) in [7, 11) is 0. The van der Waals surface area contributed by atoms with E-state index in [1.165, 1.54) is 22.6 Å². The van der Waals surface area contributed by atoms with Crippen molar-refractivity contribution in [3.63, 3.8) is 0 Å². The lowest BCUT2D eigenvalue weighted by Crippen LogP contribution is -2.15. The summed E-state index contributed by atoms with van der Waals surface area (Å²) in [5.41, 5.74) is -3.30. The van der Waals surface area contributed by atoms with Crippen molar-refractivity contribution < 1.29 is 26.7 Å². The summed E-state index contributed by atoms with van der Waals surface area (Å²) in [6.07, 6.45) is -8.09. The lowest BCUT2D eigenvalue weighted by molar-refractivity contribution is -0.141. The Bertz CT molecular complexity index is 418. The molecule has 0 atom stereocenters. The summed E-state index contributed by atoms with van der Waals surface area (Å²) in [6.45, 7) is 0. The van der Waals surface area contributed by atoms with Gasteiger partial charge in [-0.05, 0) is 28.7 Å². The van der Waals surface area contributed by atoms with Crippen LogP contribution in [0.4, 0.5) is 22.0 Å². The first kappa shape index (κ1) is 13.3. The second-order valence-corrected chi connectivity index (χ2v) is 3.87. The Morgan fingerprint density at radius 2 is 1.94 bits per heavy atom. The number of aromatic nitrogens is 1. The van der Waals surface area contributed by atoms with Crippen molar-refractivity contribution in [3.05, 3.63) is 26.6 Å². The average Bonchev–Trinajstić information content (AvgIpc) is 2.14. The van der Waals surface area contributed by atoms with Crippen LogP contribution in [0.2, 0.25) is 0 Å². The molecule has 0 unspecified atom stereocenters. The fourth-order valence-electron chi connectivity index (χ4n) is 0.982. The lowest BCUT2D eigenvalue weighted by atomic mass is 10.2. The fraction of sp³-hybridized carbons (Fsp3) is 0.250. The van der Waals surface area contributed by atoms with Gasteiger partial charge in [-0.2, -0.15) is 13.2 Å². The summed E-state index contributed by atoms with van der Waals surface area (Å²) in [6, 6.07) is 0.754. The highest BCUT2D eigenvalue weighted by Crippen LogP contribution is 2.33. The Morgan fingerprint density at radius 1 is 1.38 bits per heavy atom. The molecule has 0 radical (unpaired) electrons. The lowest BCUT2D eigenvalue weighted by Gasteiger charge is -2.11. The summed E-state index contributed by atoms with van der Waals surface area (Å²) in [4.78, 5) is 13.2. The maximum Gasteiger partial charge on any atom is 0.434 e. The maximum atomic E-state index is 12.4. The van der Waals surface area contributed by atoms with Crippen LogP contribution < -0.4 is 0 Å². The first-order valence-electron chi connectivity index (χ1n) is 3.78. The number of rotatable bonds is 2. The highest BCUT2D eigenvalue weighted by atomic mass is 127. The summed E-state index contributed by atoms with van der Waals surface area (Å²) in [5.74, 6) is 0. The Balaban J connectivity index is 3.49. The number of carbonyl (C=O) groups is 1. The van der Waals surface area contributed by atoms with E-state index in [4.69, 9.17) is 0 Å². The molecule has 0 aliphatic carbocycles. The highest BCUT2D eigenvalue weighted by Gasteiger charge is 2.37. The van der Waals surface area contributed by atoms with Crippen LogP contribution in [0.1, 0.15) is 28.2 Å². The third-order valence-corrected chi connectivity index (χ3v) is 2.53. The number of hydrogen-bond acceptors (Lipinski definition) is 2. The molecular formula is C8H3F5INO. The molecule has 1 rings (SSSR count). The van der Waals surface area contributed by atoms with E-state index >= 15 is 0 Å². The minimum atomic E-state index is -4.93. The van der Waals surface area contributed by atoms with Crippen molar-refractivity contribution in [1.82, 2.24) is 4.98 Å². The van der Waals surface area contributed by atoms with Gasteiger partial charge in [-0.3, -0.25) is 4.79 Å². The van der Waals surface area contributed by atoms with Crippen molar-refractivity contribution >= 4 is 28.9 Å². The molecule has 0 amide bonds.